The van der Waals surface area contributed by atoms with E-state index in [9.17, 15) is 13.2 Å². The lowest BCUT2D eigenvalue weighted by molar-refractivity contribution is -0.123. The molecule has 0 fully saturated rings. The molecule has 0 bridgehead atoms. The van der Waals surface area contributed by atoms with Gasteiger partial charge in [0, 0.05) is 17.3 Å². The standard InChI is InChI=1S/C23H23ClN2O4S/c1-16-11-17(2)13-19(12-16)26-31(28,29)21-9-7-20(8-10-21)30-15-23(27)25-14-18-5-3-4-6-22(18)24/h3-13,26H,14-15H2,1-2H3,(H,25,27). The van der Waals surface area contributed by atoms with E-state index in [2.05, 4.69) is 10.0 Å². The number of benzene rings is 3. The number of halogens is 1. The molecule has 0 aromatic heterocycles. The van der Waals surface area contributed by atoms with Gasteiger partial charge < -0.3 is 10.1 Å². The molecule has 0 saturated carbocycles. The van der Waals surface area contributed by atoms with Gasteiger partial charge in [-0.2, -0.15) is 0 Å². The third-order valence-electron chi connectivity index (χ3n) is 4.41. The molecule has 3 aromatic rings. The molecule has 6 nitrogen and oxygen atoms in total. The van der Waals surface area contributed by atoms with Crippen LogP contribution in [-0.4, -0.2) is 20.9 Å². The summed E-state index contributed by atoms with van der Waals surface area (Å²) < 4.78 is 33.3. The fourth-order valence-corrected chi connectivity index (χ4v) is 4.24. The summed E-state index contributed by atoms with van der Waals surface area (Å²) in [5, 5.41) is 3.31. The quantitative estimate of drug-likeness (QED) is 0.522. The van der Waals surface area contributed by atoms with Crippen LogP contribution in [0.25, 0.3) is 0 Å². The van der Waals surface area contributed by atoms with E-state index in [1.807, 2.05) is 38.1 Å². The lowest BCUT2D eigenvalue weighted by atomic mass is 10.1. The topological polar surface area (TPSA) is 84.5 Å². The first-order valence-electron chi connectivity index (χ1n) is 9.57. The zero-order valence-corrected chi connectivity index (χ0v) is 18.8. The smallest absolute Gasteiger partial charge is 0.261 e. The zero-order valence-electron chi connectivity index (χ0n) is 17.2. The molecule has 0 radical (unpaired) electrons. The molecule has 31 heavy (non-hydrogen) atoms. The van der Waals surface area contributed by atoms with E-state index in [0.717, 1.165) is 16.7 Å². The number of sulfonamides is 1. The van der Waals surface area contributed by atoms with Crippen molar-refractivity contribution in [2.45, 2.75) is 25.3 Å². The molecule has 0 aliphatic heterocycles. The molecule has 0 spiro atoms. The number of anilines is 1. The number of hydrogen-bond acceptors (Lipinski definition) is 4. The second kappa shape index (κ2) is 9.85. The average Bonchev–Trinajstić information content (AvgIpc) is 2.71. The van der Waals surface area contributed by atoms with E-state index in [1.165, 1.54) is 24.3 Å². The molecular weight excluding hydrogens is 436 g/mol. The van der Waals surface area contributed by atoms with E-state index in [0.29, 0.717) is 23.0 Å². The largest absolute Gasteiger partial charge is 0.484 e. The number of amides is 1. The van der Waals surface area contributed by atoms with Crippen LogP contribution in [0.5, 0.6) is 5.75 Å². The molecule has 162 valence electrons. The zero-order chi connectivity index (χ0) is 22.4. The van der Waals surface area contributed by atoms with E-state index in [-0.39, 0.29) is 17.4 Å². The predicted molar refractivity (Wildman–Crippen MR) is 122 cm³/mol. The highest BCUT2D eigenvalue weighted by molar-refractivity contribution is 7.92. The Kier molecular flexibility index (Phi) is 7.20. The van der Waals surface area contributed by atoms with Gasteiger partial charge in [-0.3, -0.25) is 9.52 Å². The number of aryl methyl sites for hydroxylation is 2. The molecule has 0 aliphatic carbocycles. The Morgan fingerprint density at radius 1 is 0.968 bits per heavy atom. The van der Waals surface area contributed by atoms with Gasteiger partial charge in [-0.05, 0) is 73.0 Å². The highest BCUT2D eigenvalue weighted by Gasteiger charge is 2.15. The Morgan fingerprint density at radius 2 is 1.61 bits per heavy atom. The van der Waals surface area contributed by atoms with Gasteiger partial charge in [-0.1, -0.05) is 35.9 Å². The van der Waals surface area contributed by atoms with Crippen molar-refractivity contribution >= 4 is 33.2 Å². The molecule has 3 rings (SSSR count). The van der Waals surface area contributed by atoms with E-state index < -0.39 is 10.0 Å². The SMILES string of the molecule is Cc1cc(C)cc(NS(=O)(=O)c2ccc(OCC(=O)NCc3ccccc3Cl)cc2)c1. The molecule has 8 heteroatoms. The molecule has 1 amide bonds. The van der Waals surface area contributed by atoms with Crippen molar-refractivity contribution in [3.05, 3.63) is 88.4 Å². The first kappa shape index (κ1) is 22.7. The summed E-state index contributed by atoms with van der Waals surface area (Å²) in [5.41, 5.74) is 3.25. The van der Waals surface area contributed by atoms with Crippen LogP contribution in [0.4, 0.5) is 5.69 Å². The first-order valence-corrected chi connectivity index (χ1v) is 11.4. The summed E-state index contributed by atoms with van der Waals surface area (Å²) in [7, 11) is -3.74. The Bertz CT molecular complexity index is 1160. The van der Waals surface area contributed by atoms with Crippen molar-refractivity contribution in [1.29, 1.82) is 0 Å². The molecule has 0 aliphatic rings. The number of carbonyl (C=O) groups excluding carboxylic acids is 1. The van der Waals surface area contributed by atoms with Crippen LogP contribution in [0, 0.1) is 13.8 Å². The monoisotopic (exact) mass is 458 g/mol. The van der Waals surface area contributed by atoms with E-state index in [4.69, 9.17) is 16.3 Å². The first-order chi connectivity index (χ1) is 14.7. The van der Waals surface area contributed by atoms with Gasteiger partial charge >= 0.3 is 0 Å². The molecule has 0 saturated heterocycles. The highest BCUT2D eigenvalue weighted by atomic mass is 35.5. The van der Waals surface area contributed by atoms with E-state index in [1.54, 1.807) is 18.2 Å². The Morgan fingerprint density at radius 3 is 2.26 bits per heavy atom. The lowest BCUT2D eigenvalue weighted by Crippen LogP contribution is -2.28. The third kappa shape index (κ3) is 6.47. The van der Waals surface area contributed by atoms with Gasteiger partial charge in [0.1, 0.15) is 5.75 Å². The number of nitrogens with one attached hydrogen (secondary N) is 2. The van der Waals surface area contributed by atoms with Gasteiger partial charge in [0.2, 0.25) is 0 Å². The summed E-state index contributed by atoms with van der Waals surface area (Å²) >= 11 is 6.06. The second-order valence-corrected chi connectivity index (χ2v) is 9.20. The number of rotatable bonds is 8. The number of ether oxygens (including phenoxy) is 1. The van der Waals surface area contributed by atoms with Gasteiger partial charge in [0.15, 0.2) is 6.61 Å². The van der Waals surface area contributed by atoms with Crippen molar-refractivity contribution in [3.63, 3.8) is 0 Å². The Labute approximate surface area is 187 Å². The van der Waals surface area contributed by atoms with Crippen LogP contribution >= 0.6 is 11.6 Å². The normalized spacial score (nSPS) is 11.1. The summed E-state index contributed by atoms with van der Waals surface area (Å²) in [6, 6.07) is 18.6. The molecule has 3 aromatic carbocycles. The maximum Gasteiger partial charge on any atom is 0.261 e. The van der Waals surface area contributed by atoms with Crippen molar-refractivity contribution < 1.29 is 17.9 Å². The summed E-state index contributed by atoms with van der Waals surface area (Å²) in [6.07, 6.45) is 0. The summed E-state index contributed by atoms with van der Waals surface area (Å²) in [5.74, 6) is 0.0753. The minimum Gasteiger partial charge on any atom is -0.484 e. The Balaban J connectivity index is 1.55. The molecule has 0 unspecified atom stereocenters. The number of hydrogen-bond donors (Lipinski definition) is 2. The fourth-order valence-electron chi connectivity index (χ4n) is 3.00. The van der Waals surface area contributed by atoms with Crippen LogP contribution in [0.2, 0.25) is 5.02 Å². The lowest BCUT2D eigenvalue weighted by Gasteiger charge is -2.11. The minimum atomic E-state index is -3.74. The molecule has 0 heterocycles. The maximum absolute atomic E-state index is 12.6. The minimum absolute atomic E-state index is 0.0992. The summed E-state index contributed by atoms with van der Waals surface area (Å²) in [4.78, 5) is 12.1. The third-order valence-corrected chi connectivity index (χ3v) is 6.18. The van der Waals surface area contributed by atoms with Crippen LogP contribution in [0.1, 0.15) is 16.7 Å². The highest BCUT2D eigenvalue weighted by Crippen LogP contribution is 2.21. The van der Waals surface area contributed by atoms with Crippen molar-refractivity contribution in [2.24, 2.45) is 0 Å². The van der Waals surface area contributed by atoms with E-state index >= 15 is 0 Å². The van der Waals surface area contributed by atoms with Gasteiger partial charge in [0.25, 0.3) is 15.9 Å². The van der Waals surface area contributed by atoms with Crippen molar-refractivity contribution in [1.82, 2.24) is 5.32 Å². The van der Waals surface area contributed by atoms with Crippen LogP contribution in [0.3, 0.4) is 0 Å². The second-order valence-electron chi connectivity index (χ2n) is 7.11. The summed E-state index contributed by atoms with van der Waals surface area (Å²) in [6.45, 7) is 3.91. The number of carbonyl (C=O) groups is 1. The van der Waals surface area contributed by atoms with Gasteiger partial charge in [-0.15, -0.1) is 0 Å². The fraction of sp³-hybridized carbons (Fsp3) is 0.174. The van der Waals surface area contributed by atoms with Gasteiger partial charge in [-0.25, -0.2) is 8.42 Å². The van der Waals surface area contributed by atoms with Crippen LogP contribution in [0.15, 0.2) is 71.6 Å². The van der Waals surface area contributed by atoms with Crippen LogP contribution < -0.4 is 14.8 Å². The van der Waals surface area contributed by atoms with Crippen molar-refractivity contribution in [2.75, 3.05) is 11.3 Å². The predicted octanol–water partition coefficient (Wildman–Crippen LogP) is 4.45. The Hall–Kier alpha value is -3.03. The molecule has 0 atom stereocenters. The molecule has 2 N–H and O–H groups in total. The average molecular weight is 459 g/mol. The van der Waals surface area contributed by atoms with Crippen molar-refractivity contribution in [3.8, 4) is 5.75 Å². The maximum atomic E-state index is 12.6. The van der Waals surface area contributed by atoms with Crippen LogP contribution in [-0.2, 0) is 21.4 Å². The molecular formula is C23H23ClN2O4S. The van der Waals surface area contributed by atoms with Gasteiger partial charge in [0.05, 0.1) is 4.90 Å².